The van der Waals surface area contributed by atoms with E-state index >= 15 is 0 Å². The van der Waals surface area contributed by atoms with E-state index in [1.807, 2.05) is 0 Å². The summed E-state index contributed by atoms with van der Waals surface area (Å²) in [6, 6.07) is 4.89. The lowest BCUT2D eigenvalue weighted by Gasteiger charge is -2.50. The maximum Gasteiger partial charge on any atom is 0.416 e. The first-order valence-electron chi connectivity index (χ1n) is 14.4. The molecule has 1 saturated heterocycles. The van der Waals surface area contributed by atoms with Crippen molar-refractivity contribution in [2.75, 3.05) is 13.2 Å². The van der Waals surface area contributed by atoms with Gasteiger partial charge in [0.05, 0.1) is 17.4 Å². The first-order chi connectivity index (χ1) is 18.6. The Kier molecular flexibility index (Phi) is 8.31. The van der Waals surface area contributed by atoms with Crippen LogP contribution in [0.1, 0.15) is 111 Å². The van der Waals surface area contributed by atoms with Crippen molar-refractivity contribution in [1.82, 2.24) is 4.98 Å². The summed E-state index contributed by atoms with van der Waals surface area (Å²) in [6.45, 7) is 12.6. The quantitative estimate of drug-likeness (QED) is 0.252. The van der Waals surface area contributed by atoms with Crippen LogP contribution in [0.15, 0.2) is 24.3 Å². The van der Waals surface area contributed by atoms with E-state index in [0.29, 0.717) is 18.8 Å². The third-order valence-electron chi connectivity index (χ3n) is 9.89. The molecule has 1 aromatic heterocycles. The molecule has 1 aromatic carbocycles. The summed E-state index contributed by atoms with van der Waals surface area (Å²) in [4.78, 5) is 5.36. The van der Waals surface area contributed by atoms with Crippen molar-refractivity contribution in [2.24, 2.45) is 5.41 Å². The highest BCUT2D eigenvalue weighted by atomic mass is 127. The number of aliphatic hydroxyl groups excluding tert-OH is 1. The number of benzene rings is 1. The number of hydrogen-bond acceptors (Lipinski definition) is 4. The van der Waals surface area contributed by atoms with Gasteiger partial charge < -0.3 is 14.3 Å². The number of fused-ring (bicyclic) bond motifs is 1. The molecule has 0 radical (unpaired) electrons. The molecule has 4 nitrogen and oxygen atoms in total. The van der Waals surface area contributed by atoms with E-state index in [9.17, 15) is 18.3 Å². The number of alkyl halides is 3. The largest absolute Gasteiger partial charge is 0.416 e. The van der Waals surface area contributed by atoms with Gasteiger partial charge >= 0.3 is 6.18 Å². The van der Waals surface area contributed by atoms with Gasteiger partial charge in [-0.2, -0.15) is 13.2 Å². The highest BCUT2D eigenvalue weighted by Crippen LogP contribution is 2.57. The van der Waals surface area contributed by atoms with Crippen LogP contribution in [0.5, 0.6) is 0 Å². The molecule has 3 aliphatic rings. The molecule has 9 heteroatoms. The van der Waals surface area contributed by atoms with Crippen LogP contribution in [-0.4, -0.2) is 31.6 Å². The Morgan fingerprint density at radius 1 is 1.10 bits per heavy atom. The number of hydrogen-bond donors (Lipinski definition) is 1. The topological polar surface area (TPSA) is 51.6 Å². The third kappa shape index (κ3) is 5.79. The normalized spacial score (nSPS) is 22.6. The van der Waals surface area contributed by atoms with Gasteiger partial charge in [0.1, 0.15) is 6.10 Å². The second-order valence-corrected chi connectivity index (χ2v) is 19.4. The van der Waals surface area contributed by atoms with Crippen LogP contribution < -0.4 is 0 Å². The lowest BCUT2D eigenvalue weighted by atomic mass is 9.59. The summed E-state index contributed by atoms with van der Waals surface area (Å²) in [6.07, 6.45) is 1.48. The fourth-order valence-electron chi connectivity index (χ4n) is 6.29. The van der Waals surface area contributed by atoms with Gasteiger partial charge in [-0.05, 0) is 102 Å². The van der Waals surface area contributed by atoms with Crippen molar-refractivity contribution < 1.29 is 27.4 Å². The van der Waals surface area contributed by atoms with Crippen molar-refractivity contribution in [1.29, 1.82) is 0 Å². The number of aliphatic hydroxyl groups is 1. The van der Waals surface area contributed by atoms with Gasteiger partial charge in [0, 0.05) is 39.5 Å². The van der Waals surface area contributed by atoms with Gasteiger partial charge in [-0.25, -0.2) is 0 Å². The molecular weight excluding hydrogens is 646 g/mol. The summed E-state index contributed by atoms with van der Waals surface area (Å²) in [7, 11) is -2.13. The molecule has 0 bridgehead atoms. The van der Waals surface area contributed by atoms with Crippen LogP contribution in [0, 0.1) is 8.99 Å². The fraction of sp³-hybridized carbons (Fsp3) is 0.645. The van der Waals surface area contributed by atoms with Gasteiger partial charge in [0.15, 0.2) is 8.32 Å². The summed E-state index contributed by atoms with van der Waals surface area (Å²) >= 11 is 2.36. The Morgan fingerprint density at radius 2 is 1.73 bits per heavy atom. The van der Waals surface area contributed by atoms with Gasteiger partial charge in [0.25, 0.3) is 0 Å². The Balaban J connectivity index is 1.64. The van der Waals surface area contributed by atoms with E-state index in [0.717, 1.165) is 63.9 Å². The first-order valence-corrected chi connectivity index (χ1v) is 18.4. The van der Waals surface area contributed by atoms with Crippen molar-refractivity contribution in [2.45, 2.75) is 108 Å². The molecule has 220 valence electrons. The lowest BCUT2D eigenvalue weighted by Crippen LogP contribution is -2.46. The molecule has 2 heterocycles. The van der Waals surface area contributed by atoms with Crippen LogP contribution >= 0.6 is 22.6 Å². The Morgan fingerprint density at radius 3 is 2.25 bits per heavy atom. The third-order valence-corrected chi connectivity index (χ3v) is 15.5. The second-order valence-electron chi connectivity index (χ2n) is 13.6. The maximum atomic E-state index is 13.3. The number of nitrogens with zero attached hydrogens (tertiary/aromatic N) is 1. The van der Waals surface area contributed by atoms with E-state index in [2.05, 4.69) is 56.5 Å². The van der Waals surface area contributed by atoms with E-state index in [1.54, 1.807) is 0 Å². The van der Waals surface area contributed by atoms with Crippen LogP contribution in [0.3, 0.4) is 0 Å². The van der Waals surface area contributed by atoms with Crippen molar-refractivity contribution in [3.63, 3.8) is 0 Å². The van der Waals surface area contributed by atoms with Crippen molar-refractivity contribution >= 4 is 30.9 Å². The first kappa shape index (κ1) is 30.4. The lowest BCUT2D eigenvalue weighted by molar-refractivity contribution is -0.137. The Bertz CT molecular complexity index is 1230. The molecule has 1 aliphatic heterocycles. The van der Waals surface area contributed by atoms with Gasteiger partial charge in [-0.15, -0.1) is 0 Å². The molecule has 1 saturated carbocycles. The SMILES string of the molecule is CC(C)(C)[Si](C)(C)OC1CC2(CCC2)Cc2nc(C3CCOCC3)c([C@H](O)c3ccc(C(F)(F)F)cc3)c(I)c21. The van der Waals surface area contributed by atoms with Crippen LogP contribution in [0.4, 0.5) is 13.2 Å². The molecule has 40 heavy (non-hydrogen) atoms. The van der Waals surface area contributed by atoms with Crippen molar-refractivity contribution in [3.8, 4) is 0 Å². The van der Waals surface area contributed by atoms with E-state index < -0.39 is 26.2 Å². The molecule has 1 unspecified atom stereocenters. The zero-order valence-electron chi connectivity index (χ0n) is 24.1. The zero-order valence-corrected chi connectivity index (χ0v) is 27.3. The molecule has 5 rings (SSSR count). The van der Waals surface area contributed by atoms with Gasteiger partial charge in [-0.3, -0.25) is 4.98 Å². The van der Waals surface area contributed by atoms with E-state index in [-0.39, 0.29) is 22.5 Å². The van der Waals surface area contributed by atoms with E-state index in [4.69, 9.17) is 14.1 Å². The maximum absolute atomic E-state index is 13.3. The van der Waals surface area contributed by atoms with Crippen molar-refractivity contribution in [3.05, 3.63) is 61.5 Å². The van der Waals surface area contributed by atoms with Crippen LogP contribution in [0.2, 0.25) is 18.1 Å². The number of aromatic nitrogens is 1. The van der Waals surface area contributed by atoms with Crippen LogP contribution in [-0.2, 0) is 21.8 Å². The van der Waals surface area contributed by atoms with Gasteiger partial charge in [-0.1, -0.05) is 39.3 Å². The molecular formula is C31H41F3INO3Si. The standard InChI is InChI=1S/C31H41F3INO3Si/c1-29(2,3)40(4,5)39-23-18-30(13-6-14-30)17-22-24(23)26(35)25(27(36-22)19-11-15-38-16-12-19)28(37)20-7-9-21(10-8-20)31(32,33)34/h7-10,19,23,28,37H,6,11-18H2,1-5H3/t23?,28-/m1/s1. The average Bonchev–Trinajstić information content (AvgIpc) is 2.86. The Hall–Kier alpha value is -1.01. The minimum atomic E-state index is -4.43. The Labute approximate surface area is 250 Å². The fourth-order valence-corrected chi connectivity index (χ4v) is 8.78. The second kappa shape index (κ2) is 10.9. The number of ether oxygens (including phenoxy) is 1. The number of rotatable bonds is 5. The summed E-state index contributed by atoms with van der Waals surface area (Å²) < 4.78 is 53.5. The van der Waals surface area contributed by atoms with Gasteiger partial charge in [0.2, 0.25) is 0 Å². The number of pyridine rings is 1. The minimum absolute atomic E-state index is 0.0425. The minimum Gasteiger partial charge on any atom is -0.410 e. The molecule has 2 fully saturated rings. The highest BCUT2D eigenvalue weighted by molar-refractivity contribution is 14.1. The highest BCUT2D eigenvalue weighted by Gasteiger charge is 2.49. The predicted octanol–water partition coefficient (Wildman–Crippen LogP) is 8.86. The summed E-state index contributed by atoms with van der Waals surface area (Å²) in [5.74, 6) is 0.130. The van der Waals surface area contributed by atoms with E-state index in [1.165, 1.54) is 31.4 Å². The molecule has 2 atom stereocenters. The molecule has 1 spiro atoms. The molecule has 2 aliphatic carbocycles. The monoisotopic (exact) mass is 687 g/mol. The predicted molar refractivity (Wildman–Crippen MR) is 161 cm³/mol. The molecule has 0 amide bonds. The summed E-state index contributed by atoms with van der Waals surface area (Å²) in [5.41, 5.74) is 3.70. The van der Waals surface area contributed by atoms with Crippen LogP contribution in [0.25, 0.3) is 0 Å². The molecule has 1 N–H and O–H groups in total. The molecule has 2 aromatic rings. The smallest absolute Gasteiger partial charge is 0.410 e. The summed E-state index contributed by atoms with van der Waals surface area (Å²) in [5, 5.41) is 11.8. The average molecular weight is 688 g/mol. The zero-order chi connectivity index (χ0) is 29.1. The number of halogens is 4.